The first-order valence-electron chi connectivity index (χ1n) is 8.70. The fourth-order valence-corrected chi connectivity index (χ4v) is 3.76. The van der Waals surface area contributed by atoms with Crippen molar-refractivity contribution in [2.24, 2.45) is 0 Å². The van der Waals surface area contributed by atoms with Crippen LogP contribution in [0.3, 0.4) is 0 Å². The zero-order valence-corrected chi connectivity index (χ0v) is 17.1. The molecule has 0 aliphatic carbocycles. The lowest BCUT2D eigenvalue weighted by Crippen LogP contribution is -2.02. The van der Waals surface area contributed by atoms with Crippen molar-refractivity contribution in [2.45, 2.75) is 0 Å². The van der Waals surface area contributed by atoms with Crippen LogP contribution in [0.2, 0.25) is 15.1 Å². The van der Waals surface area contributed by atoms with Crippen LogP contribution < -0.4 is 0 Å². The summed E-state index contributed by atoms with van der Waals surface area (Å²) in [7, 11) is 0. The van der Waals surface area contributed by atoms with Crippen molar-refractivity contribution in [3.63, 3.8) is 0 Å². The lowest BCUT2D eigenvalue weighted by Gasteiger charge is -2.10. The van der Waals surface area contributed by atoms with Crippen LogP contribution >= 0.6 is 34.8 Å². The van der Waals surface area contributed by atoms with Gasteiger partial charge in [-0.2, -0.15) is 0 Å². The van der Waals surface area contributed by atoms with Gasteiger partial charge in [0.05, 0.1) is 5.02 Å². The van der Waals surface area contributed by atoms with E-state index in [9.17, 15) is 0 Å². The Labute approximate surface area is 181 Å². The summed E-state index contributed by atoms with van der Waals surface area (Å²) in [6, 6.07) is 18.6. The van der Waals surface area contributed by atoms with Gasteiger partial charge in [-0.3, -0.25) is 8.97 Å². The lowest BCUT2D eigenvalue weighted by atomic mass is 10.1. The number of fused-ring (bicyclic) bond motifs is 1. The van der Waals surface area contributed by atoms with Crippen LogP contribution in [0, 0.1) is 0 Å². The molecule has 8 heteroatoms. The van der Waals surface area contributed by atoms with Crippen LogP contribution in [0.1, 0.15) is 0 Å². The van der Waals surface area contributed by atoms with Gasteiger partial charge in [-0.15, -0.1) is 10.2 Å². The summed E-state index contributed by atoms with van der Waals surface area (Å²) in [5.41, 5.74) is 3.05. The summed E-state index contributed by atoms with van der Waals surface area (Å²) in [6.07, 6.45) is 3.59. The van der Waals surface area contributed by atoms with Gasteiger partial charge >= 0.3 is 0 Å². The molecule has 0 atom stereocenters. The molecule has 0 aliphatic rings. The Morgan fingerprint density at radius 1 is 0.828 bits per heavy atom. The Bertz CT molecular complexity index is 1340. The summed E-state index contributed by atoms with van der Waals surface area (Å²) >= 11 is 18.8. The predicted molar refractivity (Wildman–Crippen MR) is 116 cm³/mol. The van der Waals surface area contributed by atoms with E-state index in [-0.39, 0.29) is 0 Å². The lowest BCUT2D eigenvalue weighted by molar-refractivity contribution is 0.974. The molecule has 2 aromatic carbocycles. The molecule has 0 saturated heterocycles. The molecule has 142 valence electrons. The van der Waals surface area contributed by atoms with Crippen molar-refractivity contribution in [1.29, 1.82) is 0 Å². The van der Waals surface area contributed by atoms with E-state index in [0.717, 1.165) is 22.6 Å². The van der Waals surface area contributed by atoms with E-state index in [1.165, 1.54) is 0 Å². The fourth-order valence-electron chi connectivity index (χ4n) is 3.26. The second-order valence-corrected chi connectivity index (χ2v) is 7.65. The second kappa shape index (κ2) is 7.19. The molecular formula is C21H12Cl3N5. The number of hydrogen-bond donors (Lipinski definition) is 0. The highest BCUT2D eigenvalue weighted by atomic mass is 35.5. The third kappa shape index (κ3) is 3.17. The summed E-state index contributed by atoms with van der Waals surface area (Å²) in [6.45, 7) is 0. The molecule has 3 aromatic heterocycles. The minimum atomic E-state index is 0.556. The zero-order valence-electron chi connectivity index (χ0n) is 14.8. The topological polar surface area (TPSA) is 48.0 Å². The van der Waals surface area contributed by atoms with Gasteiger partial charge < -0.3 is 0 Å². The Morgan fingerprint density at radius 2 is 1.62 bits per heavy atom. The van der Waals surface area contributed by atoms with Crippen molar-refractivity contribution >= 4 is 40.4 Å². The smallest absolute Gasteiger partial charge is 0.169 e. The maximum Gasteiger partial charge on any atom is 0.169 e. The number of rotatable bonds is 3. The number of aromatic nitrogens is 5. The molecule has 5 rings (SSSR count). The van der Waals surface area contributed by atoms with Crippen LogP contribution in [0.4, 0.5) is 0 Å². The minimum absolute atomic E-state index is 0.556. The van der Waals surface area contributed by atoms with Crippen LogP contribution in [-0.2, 0) is 0 Å². The predicted octanol–water partition coefficient (Wildman–Crippen LogP) is 6.21. The van der Waals surface area contributed by atoms with Crippen molar-refractivity contribution in [1.82, 2.24) is 24.1 Å². The first kappa shape index (κ1) is 18.2. The van der Waals surface area contributed by atoms with E-state index in [2.05, 4.69) is 10.2 Å². The first-order valence-corrected chi connectivity index (χ1v) is 9.84. The number of imidazole rings is 1. The third-order valence-corrected chi connectivity index (χ3v) is 5.38. The number of nitrogens with zero attached hydrogens (tertiary/aromatic N) is 5. The van der Waals surface area contributed by atoms with E-state index in [1.807, 2.05) is 63.7 Å². The molecular weight excluding hydrogens is 429 g/mol. The van der Waals surface area contributed by atoms with Crippen molar-refractivity contribution in [2.75, 3.05) is 0 Å². The normalized spacial score (nSPS) is 11.3. The van der Waals surface area contributed by atoms with E-state index in [0.29, 0.717) is 26.6 Å². The van der Waals surface area contributed by atoms with Gasteiger partial charge in [0, 0.05) is 27.4 Å². The van der Waals surface area contributed by atoms with Crippen molar-refractivity contribution in [3.05, 3.63) is 88.3 Å². The summed E-state index contributed by atoms with van der Waals surface area (Å²) in [5, 5.41) is 10.2. The third-order valence-electron chi connectivity index (χ3n) is 4.57. The molecule has 29 heavy (non-hydrogen) atoms. The van der Waals surface area contributed by atoms with Gasteiger partial charge in [0.2, 0.25) is 0 Å². The Morgan fingerprint density at radius 3 is 2.45 bits per heavy atom. The van der Waals surface area contributed by atoms with Crippen LogP contribution in [-0.4, -0.2) is 24.1 Å². The number of hydrogen-bond acceptors (Lipinski definition) is 3. The minimum Gasteiger partial charge on any atom is -0.285 e. The molecule has 0 bridgehead atoms. The maximum absolute atomic E-state index is 6.50. The zero-order chi connectivity index (χ0) is 20.0. The molecule has 3 heterocycles. The van der Waals surface area contributed by atoms with E-state index in [1.54, 1.807) is 18.5 Å². The molecule has 5 nitrogen and oxygen atoms in total. The van der Waals surface area contributed by atoms with E-state index in [4.69, 9.17) is 39.8 Å². The molecule has 0 N–H and O–H groups in total. The highest BCUT2D eigenvalue weighted by molar-refractivity contribution is 6.35. The van der Waals surface area contributed by atoms with Gasteiger partial charge in [0.15, 0.2) is 11.6 Å². The summed E-state index contributed by atoms with van der Waals surface area (Å²) < 4.78 is 3.85. The highest BCUT2D eigenvalue weighted by Crippen LogP contribution is 2.36. The van der Waals surface area contributed by atoms with E-state index < -0.39 is 0 Å². The van der Waals surface area contributed by atoms with Crippen molar-refractivity contribution in [3.8, 4) is 28.5 Å². The fraction of sp³-hybridized carbons (Fsp3) is 0. The molecule has 0 aliphatic heterocycles. The van der Waals surface area contributed by atoms with Gasteiger partial charge in [0.1, 0.15) is 17.7 Å². The molecule has 5 aromatic rings. The molecule has 0 spiro atoms. The van der Waals surface area contributed by atoms with E-state index >= 15 is 0 Å². The van der Waals surface area contributed by atoms with Crippen LogP contribution in [0.25, 0.3) is 34.1 Å². The standard InChI is InChI=1S/C21H12Cl3N5/c22-14-6-4-13(5-7-14)20-27-25-12-29(20)21-19(16-11-15(23)8-9-17(16)24)26-18-3-1-2-10-28(18)21/h1-12H. The van der Waals surface area contributed by atoms with Gasteiger partial charge in [-0.25, -0.2) is 4.98 Å². The molecule has 0 fully saturated rings. The van der Waals surface area contributed by atoms with Gasteiger partial charge in [-0.05, 0) is 54.6 Å². The van der Waals surface area contributed by atoms with Gasteiger partial charge in [-0.1, -0.05) is 40.9 Å². The first-order chi connectivity index (χ1) is 14.1. The quantitative estimate of drug-likeness (QED) is 0.335. The summed E-state index contributed by atoms with van der Waals surface area (Å²) in [4.78, 5) is 4.81. The van der Waals surface area contributed by atoms with Gasteiger partial charge in [0.25, 0.3) is 0 Å². The highest BCUT2D eigenvalue weighted by Gasteiger charge is 2.21. The van der Waals surface area contributed by atoms with Crippen molar-refractivity contribution < 1.29 is 0 Å². The monoisotopic (exact) mass is 439 g/mol. The Balaban J connectivity index is 1.82. The Hall–Kier alpha value is -2.86. The SMILES string of the molecule is Clc1ccc(-c2nncn2-c2c(-c3cc(Cl)ccc3Cl)nc3ccccn23)cc1. The molecule has 0 saturated carbocycles. The average Bonchev–Trinajstić information content (AvgIpc) is 3.34. The summed E-state index contributed by atoms with van der Waals surface area (Å²) in [5.74, 6) is 1.42. The molecule has 0 amide bonds. The maximum atomic E-state index is 6.50. The number of benzene rings is 2. The average molecular weight is 441 g/mol. The van der Waals surface area contributed by atoms with Crippen LogP contribution in [0.15, 0.2) is 73.2 Å². The molecule has 0 unspecified atom stereocenters. The second-order valence-electron chi connectivity index (χ2n) is 6.37. The number of halogens is 3. The Kier molecular flexibility index (Phi) is 4.51. The molecule has 0 radical (unpaired) electrons. The van der Waals surface area contributed by atoms with Crippen LogP contribution in [0.5, 0.6) is 0 Å². The largest absolute Gasteiger partial charge is 0.285 e. The number of pyridine rings is 1.